The van der Waals surface area contributed by atoms with Crippen LogP contribution in [0.4, 0.5) is 4.39 Å². The van der Waals surface area contributed by atoms with Crippen LogP contribution in [0.5, 0.6) is 5.75 Å². The summed E-state index contributed by atoms with van der Waals surface area (Å²) in [5.74, 6) is 0.446. The van der Waals surface area contributed by atoms with Crippen LogP contribution < -0.4 is 4.74 Å². The Balaban J connectivity index is 1.61. The number of hydrogen-bond acceptors (Lipinski definition) is 4. The molecular formula is C24H28FN3O2. The molecule has 0 spiro atoms. The van der Waals surface area contributed by atoms with Crippen LogP contribution in [0, 0.1) is 5.82 Å². The fraction of sp³-hybridized carbons (Fsp3) is 0.417. The molecule has 2 aromatic rings. The van der Waals surface area contributed by atoms with Crippen LogP contribution >= 0.6 is 0 Å². The third-order valence-corrected chi connectivity index (χ3v) is 6.10. The van der Waals surface area contributed by atoms with Crippen molar-refractivity contribution in [1.29, 1.82) is 0 Å². The molecule has 2 aliphatic heterocycles. The molecule has 0 aromatic heterocycles. The molecule has 2 aliphatic rings. The summed E-state index contributed by atoms with van der Waals surface area (Å²) in [6.45, 7) is 3.47. The molecule has 1 amide bonds. The van der Waals surface area contributed by atoms with Gasteiger partial charge < -0.3 is 4.74 Å². The molecule has 0 aliphatic carbocycles. The van der Waals surface area contributed by atoms with E-state index in [9.17, 15) is 9.18 Å². The van der Waals surface area contributed by atoms with E-state index in [-0.39, 0.29) is 17.8 Å². The summed E-state index contributed by atoms with van der Waals surface area (Å²) in [5.41, 5.74) is 2.66. The summed E-state index contributed by atoms with van der Waals surface area (Å²) >= 11 is 0. The third-order valence-electron chi connectivity index (χ3n) is 6.10. The Morgan fingerprint density at radius 2 is 2.00 bits per heavy atom. The van der Waals surface area contributed by atoms with Crippen molar-refractivity contribution >= 4 is 11.6 Å². The van der Waals surface area contributed by atoms with Gasteiger partial charge in [0.05, 0.1) is 25.4 Å². The zero-order valence-corrected chi connectivity index (χ0v) is 17.6. The van der Waals surface area contributed by atoms with E-state index >= 15 is 0 Å². The molecule has 1 fully saturated rings. The van der Waals surface area contributed by atoms with Crippen molar-refractivity contribution in [2.45, 2.75) is 44.7 Å². The predicted octanol–water partition coefficient (Wildman–Crippen LogP) is 4.39. The van der Waals surface area contributed by atoms with E-state index in [2.05, 4.69) is 11.8 Å². The average Bonchev–Trinajstić information content (AvgIpc) is 3.21. The molecule has 0 N–H and O–H groups in total. The number of ether oxygens (including phenoxy) is 1. The van der Waals surface area contributed by atoms with Gasteiger partial charge in [0, 0.05) is 18.0 Å². The highest BCUT2D eigenvalue weighted by molar-refractivity contribution is 6.03. The first-order valence-electron chi connectivity index (χ1n) is 10.6. The second-order valence-corrected chi connectivity index (χ2v) is 8.10. The lowest BCUT2D eigenvalue weighted by molar-refractivity contribution is -0.135. The fourth-order valence-corrected chi connectivity index (χ4v) is 4.30. The van der Waals surface area contributed by atoms with E-state index in [1.54, 1.807) is 24.3 Å². The molecule has 0 radical (unpaired) electrons. The number of likely N-dealkylation sites (tertiary alicyclic amines) is 1. The lowest BCUT2D eigenvalue weighted by Gasteiger charge is -2.34. The standard InChI is InChI=1S/C24H28FN3O2/c1-17-6-3-4-13-27(17)16-24(29)28-23(18-9-11-20(25)12-10-18)15-22(26-28)19-7-5-8-21(14-19)30-2/h5,7-12,14,17,23H,3-4,6,13,15-16H2,1-2H3. The van der Waals surface area contributed by atoms with Crippen molar-refractivity contribution < 1.29 is 13.9 Å². The number of rotatable bonds is 5. The number of methoxy groups -OCH3 is 1. The number of piperidine rings is 1. The molecular weight excluding hydrogens is 381 g/mol. The molecule has 2 atom stereocenters. The Morgan fingerprint density at radius 1 is 1.20 bits per heavy atom. The van der Waals surface area contributed by atoms with Crippen molar-refractivity contribution in [3.63, 3.8) is 0 Å². The minimum absolute atomic E-state index is 0.0176. The van der Waals surface area contributed by atoms with Crippen LogP contribution in [0.15, 0.2) is 53.6 Å². The minimum atomic E-state index is -0.286. The summed E-state index contributed by atoms with van der Waals surface area (Å²) < 4.78 is 18.8. The number of nitrogens with zero attached hydrogens (tertiary/aromatic N) is 3. The van der Waals surface area contributed by atoms with Crippen LogP contribution in [0.1, 0.15) is 49.8 Å². The molecule has 2 unspecified atom stereocenters. The highest BCUT2D eigenvalue weighted by Crippen LogP contribution is 2.34. The molecule has 5 nitrogen and oxygen atoms in total. The van der Waals surface area contributed by atoms with Gasteiger partial charge in [0.1, 0.15) is 11.6 Å². The van der Waals surface area contributed by atoms with Gasteiger partial charge in [0.15, 0.2) is 0 Å². The van der Waals surface area contributed by atoms with Crippen LogP contribution in [-0.4, -0.2) is 47.8 Å². The Hall–Kier alpha value is -2.73. The maximum atomic E-state index is 13.5. The summed E-state index contributed by atoms with van der Waals surface area (Å²) in [4.78, 5) is 15.5. The molecule has 0 bridgehead atoms. The molecule has 2 aromatic carbocycles. The van der Waals surface area contributed by atoms with Gasteiger partial charge in [0.25, 0.3) is 5.91 Å². The normalized spacial score (nSPS) is 22.1. The molecule has 30 heavy (non-hydrogen) atoms. The van der Waals surface area contributed by atoms with Crippen LogP contribution in [0.25, 0.3) is 0 Å². The van der Waals surface area contributed by atoms with Gasteiger partial charge in [-0.05, 0) is 56.1 Å². The topological polar surface area (TPSA) is 45.1 Å². The maximum Gasteiger partial charge on any atom is 0.257 e. The molecule has 0 saturated carbocycles. The Bertz CT molecular complexity index is 928. The van der Waals surface area contributed by atoms with Gasteiger partial charge in [-0.2, -0.15) is 5.10 Å². The van der Waals surface area contributed by atoms with Crippen LogP contribution in [0.3, 0.4) is 0 Å². The van der Waals surface area contributed by atoms with Gasteiger partial charge >= 0.3 is 0 Å². The van der Waals surface area contributed by atoms with E-state index in [1.807, 2.05) is 24.3 Å². The van der Waals surface area contributed by atoms with Gasteiger partial charge in [-0.3, -0.25) is 9.69 Å². The van der Waals surface area contributed by atoms with Gasteiger partial charge in [-0.15, -0.1) is 0 Å². The first-order valence-corrected chi connectivity index (χ1v) is 10.6. The van der Waals surface area contributed by atoms with Gasteiger partial charge in [-0.1, -0.05) is 30.7 Å². The molecule has 6 heteroatoms. The number of hydrazone groups is 1. The number of carbonyl (C=O) groups excluding carboxylic acids is 1. The number of hydrogen-bond donors (Lipinski definition) is 0. The molecule has 2 heterocycles. The zero-order chi connectivity index (χ0) is 21.1. The first kappa shape index (κ1) is 20.5. The second-order valence-electron chi connectivity index (χ2n) is 8.10. The van der Waals surface area contributed by atoms with Gasteiger partial charge in [-0.25, -0.2) is 9.40 Å². The number of carbonyl (C=O) groups is 1. The Morgan fingerprint density at radius 3 is 2.73 bits per heavy atom. The monoisotopic (exact) mass is 409 g/mol. The zero-order valence-electron chi connectivity index (χ0n) is 17.6. The van der Waals surface area contributed by atoms with Crippen LogP contribution in [0.2, 0.25) is 0 Å². The maximum absolute atomic E-state index is 13.5. The van der Waals surface area contributed by atoms with E-state index < -0.39 is 0 Å². The minimum Gasteiger partial charge on any atom is -0.497 e. The van der Waals surface area contributed by atoms with E-state index in [0.717, 1.165) is 42.0 Å². The van der Waals surface area contributed by atoms with Crippen molar-refractivity contribution in [2.75, 3.05) is 20.2 Å². The van der Waals surface area contributed by atoms with Crippen molar-refractivity contribution in [3.8, 4) is 5.75 Å². The number of amides is 1. The summed E-state index contributed by atoms with van der Waals surface area (Å²) in [5, 5.41) is 6.33. The highest BCUT2D eigenvalue weighted by atomic mass is 19.1. The molecule has 1 saturated heterocycles. The van der Waals surface area contributed by atoms with E-state index in [0.29, 0.717) is 19.0 Å². The SMILES string of the molecule is COc1cccc(C2=NN(C(=O)CN3CCCCC3C)C(c3ccc(F)cc3)C2)c1. The van der Waals surface area contributed by atoms with Gasteiger partial charge in [0.2, 0.25) is 0 Å². The van der Waals surface area contributed by atoms with E-state index in [1.165, 1.54) is 18.6 Å². The van der Waals surface area contributed by atoms with Crippen molar-refractivity contribution in [1.82, 2.24) is 9.91 Å². The quantitative estimate of drug-likeness (QED) is 0.736. The summed E-state index contributed by atoms with van der Waals surface area (Å²) in [7, 11) is 1.63. The Kier molecular flexibility index (Phi) is 6.13. The summed E-state index contributed by atoms with van der Waals surface area (Å²) in [6.07, 6.45) is 4.04. The number of halogens is 1. The average molecular weight is 410 g/mol. The second kappa shape index (κ2) is 8.96. The molecule has 158 valence electrons. The predicted molar refractivity (Wildman–Crippen MR) is 115 cm³/mol. The van der Waals surface area contributed by atoms with Crippen molar-refractivity contribution in [2.24, 2.45) is 5.10 Å². The lowest BCUT2D eigenvalue weighted by atomic mass is 9.98. The molecule has 4 rings (SSSR count). The largest absolute Gasteiger partial charge is 0.497 e. The van der Waals surface area contributed by atoms with Crippen molar-refractivity contribution in [3.05, 3.63) is 65.5 Å². The summed E-state index contributed by atoms with van der Waals surface area (Å²) in [6, 6.07) is 14.2. The van der Waals surface area contributed by atoms with Crippen LogP contribution in [-0.2, 0) is 4.79 Å². The third kappa shape index (κ3) is 4.38. The highest BCUT2D eigenvalue weighted by Gasteiger charge is 2.34. The Labute approximate surface area is 177 Å². The fourth-order valence-electron chi connectivity index (χ4n) is 4.30. The number of benzene rings is 2. The smallest absolute Gasteiger partial charge is 0.257 e. The lowest BCUT2D eigenvalue weighted by Crippen LogP contribution is -2.44. The van der Waals surface area contributed by atoms with E-state index in [4.69, 9.17) is 9.84 Å². The first-order chi connectivity index (χ1) is 14.5.